The van der Waals surface area contributed by atoms with Gasteiger partial charge in [0.2, 0.25) is 0 Å². The highest BCUT2D eigenvalue weighted by Gasteiger charge is 2.14. The molecule has 0 aliphatic heterocycles. The predicted molar refractivity (Wildman–Crippen MR) is 70.3 cm³/mol. The molecule has 0 radical (unpaired) electrons. The lowest BCUT2D eigenvalue weighted by atomic mass is 10.1. The topological polar surface area (TPSA) is 42.9 Å². The van der Waals surface area contributed by atoms with Gasteiger partial charge in [-0.15, -0.1) is 10.2 Å². The van der Waals surface area contributed by atoms with Crippen LogP contribution in [-0.2, 0) is 0 Å². The number of halogens is 2. The van der Waals surface area contributed by atoms with Crippen molar-refractivity contribution in [3.8, 4) is 11.3 Å². The molecule has 5 heteroatoms. The van der Waals surface area contributed by atoms with Crippen LogP contribution in [0.25, 0.3) is 22.2 Å². The van der Waals surface area contributed by atoms with Crippen LogP contribution in [0.1, 0.15) is 10.4 Å². The molecule has 0 amide bonds. The van der Waals surface area contributed by atoms with Gasteiger partial charge in [0.1, 0.15) is 17.2 Å². The zero-order valence-corrected chi connectivity index (χ0v) is 10.2. The number of carbonyl (C=O) groups excluding carboxylic acids is 1. The Hall–Kier alpha value is -2.69. The van der Waals surface area contributed by atoms with E-state index in [-0.39, 0.29) is 11.3 Å². The van der Waals surface area contributed by atoms with Crippen LogP contribution in [0.3, 0.4) is 0 Å². The molecule has 0 saturated carbocycles. The van der Waals surface area contributed by atoms with Crippen LogP contribution in [-0.4, -0.2) is 16.5 Å². The lowest BCUT2D eigenvalue weighted by Gasteiger charge is -2.05. The molecule has 0 aliphatic carbocycles. The Bertz CT molecular complexity index is 798. The summed E-state index contributed by atoms with van der Waals surface area (Å²) in [5.74, 6) is -1.41. The van der Waals surface area contributed by atoms with Crippen molar-refractivity contribution in [2.75, 3.05) is 0 Å². The zero-order valence-electron chi connectivity index (χ0n) is 10.2. The van der Waals surface area contributed by atoms with Crippen molar-refractivity contribution in [1.29, 1.82) is 0 Å². The van der Waals surface area contributed by atoms with Crippen molar-refractivity contribution >= 4 is 17.2 Å². The van der Waals surface area contributed by atoms with E-state index in [1.165, 1.54) is 12.1 Å². The minimum Gasteiger partial charge on any atom is -0.298 e. The molecule has 0 unspecified atom stereocenters. The fraction of sp³-hybridized carbons (Fsp3) is 0. The number of aldehydes is 1. The van der Waals surface area contributed by atoms with Crippen molar-refractivity contribution in [2.24, 2.45) is 0 Å². The highest BCUT2D eigenvalue weighted by molar-refractivity contribution is 5.96. The molecule has 0 aliphatic rings. The van der Waals surface area contributed by atoms with Crippen LogP contribution >= 0.6 is 0 Å². The molecule has 0 N–H and O–H groups in total. The largest absolute Gasteiger partial charge is 0.298 e. The Balaban J connectivity index is 2.26. The number of rotatable bonds is 2. The van der Waals surface area contributed by atoms with E-state index < -0.39 is 11.6 Å². The molecule has 0 saturated heterocycles. The molecule has 0 spiro atoms. The third-order valence-electron chi connectivity index (χ3n) is 2.99. The molecule has 2 aromatic carbocycles. The summed E-state index contributed by atoms with van der Waals surface area (Å²) in [5, 5.41) is 8.31. The van der Waals surface area contributed by atoms with E-state index in [9.17, 15) is 13.6 Å². The SMILES string of the molecule is O=Cc1cccc2cc(-c3c(F)cccc3F)nnc12. The van der Waals surface area contributed by atoms with Gasteiger partial charge in [-0.05, 0) is 24.3 Å². The summed E-state index contributed by atoms with van der Waals surface area (Å²) < 4.78 is 27.4. The van der Waals surface area contributed by atoms with E-state index in [1.807, 2.05) is 0 Å². The third kappa shape index (κ3) is 1.93. The fourth-order valence-corrected chi connectivity index (χ4v) is 2.05. The fourth-order valence-electron chi connectivity index (χ4n) is 2.05. The monoisotopic (exact) mass is 270 g/mol. The Labute approximate surface area is 112 Å². The van der Waals surface area contributed by atoms with Crippen LogP contribution in [0, 0.1) is 11.6 Å². The highest BCUT2D eigenvalue weighted by Crippen LogP contribution is 2.26. The number of carbonyl (C=O) groups is 1. The molecule has 98 valence electrons. The first-order valence-electron chi connectivity index (χ1n) is 5.86. The maximum absolute atomic E-state index is 13.7. The molecule has 1 aromatic heterocycles. The molecule has 20 heavy (non-hydrogen) atoms. The summed E-state index contributed by atoms with van der Waals surface area (Å²) in [4.78, 5) is 10.9. The van der Waals surface area contributed by atoms with Crippen molar-refractivity contribution in [1.82, 2.24) is 10.2 Å². The van der Waals surface area contributed by atoms with E-state index >= 15 is 0 Å². The number of aromatic nitrogens is 2. The Morgan fingerprint density at radius 2 is 1.65 bits per heavy atom. The van der Waals surface area contributed by atoms with Crippen LogP contribution in [0.5, 0.6) is 0 Å². The van der Waals surface area contributed by atoms with Crippen LogP contribution in [0.2, 0.25) is 0 Å². The predicted octanol–water partition coefficient (Wildman–Crippen LogP) is 3.39. The maximum atomic E-state index is 13.7. The van der Waals surface area contributed by atoms with Crippen LogP contribution in [0.4, 0.5) is 8.78 Å². The van der Waals surface area contributed by atoms with Gasteiger partial charge in [-0.25, -0.2) is 8.78 Å². The Morgan fingerprint density at radius 3 is 2.35 bits per heavy atom. The van der Waals surface area contributed by atoms with E-state index in [0.29, 0.717) is 22.8 Å². The van der Waals surface area contributed by atoms with Crippen molar-refractivity contribution in [2.45, 2.75) is 0 Å². The normalized spacial score (nSPS) is 10.7. The van der Waals surface area contributed by atoms with Gasteiger partial charge in [-0.2, -0.15) is 0 Å². The minimum absolute atomic E-state index is 0.0937. The molecule has 3 aromatic rings. The van der Waals surface area contributed by atoms with Gasteiger partial charge in [0, 0.05) is 10.9 Å². The number of hydrogen-bond donors (Lipinski definition) is 0. The summed E-state index contributed by atoms with van der Waals surface area (Å²) in [6.07, 6.45) is 0.667. The van der Waals surface area contributed by atoms with E-state index in [4.69, 9.17) is 0 Å². The molecular weight excluding hydrogens is 262 g/mol. The molecular formula is C15H8F2N2O. The van der Waals surface area contributed by atoms with Crippen molar-refractivity contribution < 1.29 is 13.6 Å². The smallest absolute Gasteiger partial charge is 0.152 e. The summed E-state index contributed by atoms with van der Waals surface area (Å²) in [6, 6.07) is 10.1. The number of fused-ring (bicyclic) bond motifs is 1. The second kappa shape index (κ2) is 4.77. The van der Waals surface area contributed by atoms with Gasteiger partial charge in [0.15, 0.2) is 6.29 Å². The standard InChI is InChI=1S/C15H8F2N2O/c16-11-5-2-6-12(17)14(11)13-7-9-3-1-4-10(8-20)15(9)19-18-13/h1-8H. The lowest BCUT2D eigenvalue weighted by Crippen LogP contribution is -1.96. The maximum Gasteiger partial charge on any atom is 0.152 e. The summed E-state index contributed by atoms with van der Waals surface area (Å²) >= 11 is 0. The summed E-state index contributed by atoms with van der Waals surface area (Å²) in [6.45, 7) is 0. The first-order valence-corrected chi connectivity index (χ1v) is 5.86. The van der Waals surface area contributed by atoms with Crippen LogP contribution < -0.4 is 0 Å². The molecule has 0 atom stereocenters. The molecule has 3 nitrogen and oxygen atoms in total. The van der Waals surface area contributed by atoms with Gasteiger partial charge in [0.05, 0.1) is 11.3 Å². The summed E-state index contributed by atoms with van der Waals surface area (Å²) in [7, 11) is 0. The van der Waals surface area contributed by atoms with E-state index in [0.717, 1.165) is 12.1 Å². The first kappa shape index (κ1) is 12.3. The van der Waals surface area contributed by atoms with Crippen molar-refractivity contribution in [3.63, 3.8) is 0 Å². The zero-order chi connectivity index (χ0) is 14.1. The lowest BCUT2D eigenvalue weighted by molar-refractivity contribution is 0.112. The summed E-state index contributed by atoms with van der Waals surface area (Å²) in [5.41, 5.74) is 0.660. The average Bonchev–Trinajstić information content (AvgIpc) is 2.46. The van der Waals surface area contributed by atoms with Crippen LogP contribution in [0.15, 0.2) is 42.5 Å². The second-order valence-electron chi connectivity index (χ2n) is 4.23. The van der Waals surface area contributed by atoms with Crippen molar-refractivity contribution in [3.05, 3.63) is 59.7 Å². The number of benzene rings is 2. The van der Waals surface area contributed by atoms with Gasteiger partial charge in [-0.1, -0.05) is 18.2 Å². The van der Waals surface area contributed by atoms with Gasteiger partial charge >= 0.3 is 0 Å². The van der Waals surface area contributed by atoms with Gasteiger partial charge in [0.25, 0.3) is 0 Å². The minimum atomic E-state index is -0.704. The van der Waals surface area contributed by atoms with E-state index in [2.05, 4.69) is 10.2 Å². The van der Waals surface area contributed by atoms with Gasteiger partial charge < -0.3 is 0 Å². The Morgan fingerprint density at radius 1 is 0.950 bits per heavy atom. The van der Waals surface area contributed by atoms with E-state index in [1.54, 1.807) is 18.2 Å². The van der Waals surface area contributed by atoms with Gasteiger partial charge in [-0.3, -0.25) is 4.79 Å². The molecule has 0 bridgehead atoms. The molecule has 3 rings (SSSR count). The second-order valence-corrected chi connectivity index (χ2v) is 4.23. The highest BCUT2D eigenvalue weighted by atomic mass is 19.1. The average molecular weight is 270 g/mol. The quantitative estimate of drug-likeness (QED) is 0.670. The number of hydrogen-bond acceptors (Lipinski definition) is 3. The Kier molecular flexibility index (Phi) is 2.95. The first-order chi connectivity index (χ1) is 9.70. The molecule has 1 heterocycles. The number of nitrogens with zero attached hydrogens (tertiary/aromatic N) is 2. The third-order valence-corrected chi connectivity index (χ3v) is 2.99. The molecule has 0 fully saturated rings.